The lowest BCUT2D eigenvalue weighted by Crippen LogP contribution is -2.32. The molecule has 0 aromatic heterocycles. The van der Waals surface area contributed by atoms with Crippen molar-refractivity contribution in [1.29, 1.82) is 0 Å². The molecule has 1 heterocycles. The second-order valence-corrected chi connectivity index (χ2v) is 6.50. The largest absolute Gasteiger partial charge is 0.539 e. The van der Waals surface area contributed by atoms with Gasteiger partial charge in [-0.1, -0.05) is 31.5 Å². The highest BCUT2D eigenvalue weighted by Gasteiger charge is 2.38. The Bertz CT molecular complexity index is 607. The minimum Gasteiger partial charge on any atom is -0.514 e. The summed E-state index contributed by atoms with van der Waals surface area (Å²) in [5, 5.41) is 9.60. The van der Waals surface area contributed by atoms with Crippen molar-refractivity contribution < 1.29 is 18.2 Å². The maximum absolute atomic E-state index is 12.5. The highest BCUT2D eigenvalue weighted by atomic mass is 32.2. The second kappa shape index (κ2) is 4.81. The molecule has 0 bridgehead atoms. The van der Waals surface area contributed by atoms with E-state index in [9.17, 15) is 13.5 Å². The maximum Gasteiger partial charge on any atom is 0.539 e. The van der Waals surface area contributed by atoms with Gasteiger partial charge in [0.2, 0.25) is 0 Å². The van der Waals surface area contributed by atoms with Gasteiger partial charge < -0.3 is 9.76 Å². The Hall–Kier alpha value is -1.63. The quantitative estimate of drug-likeness (QED) is 0.859. The first-order valence-corrected chi connectivity index (χ1v) is 7.32. The maximum atomic E-state index is 12.5. The normalized spacial score (nSPS) is 15.7. The molecule has 0 unspecified atom stereocenters. The summed E-state index contributed by atoms with van der Waals surface area (Å²) in [6.45, 7) is 5.45. The van der Waals surface area contributed by atoms with E-state index in [1.807, 2.05) is 6.92 Å². The Balaban J connectivity index is 2.44. The van der Waals surface area contributed by atoms with Crippen molar-refractivity contribution >= 4 is 17.6 Å². The van der Waals surface area contributed by atoms with Crippen LogP contribution in [0.15, 0.2) is 40.8 Å². The fourth-order valence-electron chi connectivity index (χ4n) is 1.82. The van der Waals surface area contributed by atoms with E-state index < -0.39 is 10.0 Å². The Morgan fingerprint density at radius 2 is 1.84 bits per heavy atom. The van der Waals surface area contributed by atoms with Crippen molar-refractivity contribution in [2.45, 2.75) is 25.7 Å². The first kappa shape index (κ1) is 13.8. The molecule has 19 heavy (non-hydrogen) atoms. The molecule has 7 heteroatoms. The third kappa shape index (κ3) is 2.42. The van der Waals surface area contributed by atoms with Gasteiger partial charge in [0.25, 0.3) is 16.0 Å². The Kier molecular flexibility index (Phi) is 3.49. The Morgan fingerprint density at radius 3 is 2.37 bits per heavy atom. The third-order valence-corrected chi connectivity index (χ3v) is 4.51. The number of hydrogen-bond donors (Lipinski definition) is 1. The Labute approximate surface area is 113 Å². The molecule has 0 atom stereocenters. The molecule has 5 nitrogen and oxygen atoms in total. The van der Waals surface area contributed by atoms with Crippen LogP contribution in [0.25, 0.3) is 0 Å². The molecule has 1 aliphatic rings. The summed E-state index contributed by atoms with van der Waals surface area (Å²) in [4.78, 5) is 0.158. The molecule has 0 aliphatic carbocycles. The number of sulfonamides is 1. The molecule has 1 N–H and O–H groups in total. The molecule has 1 aliphatic heterocycles. The van der Waals surface area contributed by atoms with Crippen LogP contribution >= 0.6 is 0 Å². The first-order chi connectivity index (χ1) is 8.84. The number of hydrogen-bond acceptors (Lipinski definition) is 4. The molecule has 0 saturated heterocycles. The number of benzene rings is 1. The van der Waals surface area contributed by atoms with Crippen LogP contribution in [0.2, 0.25) is 0 Å². The summed E-state index contributed by atoms with van der Waals surface area (Å²) >= 11 is 0. The number of rotatable bonds is 3. The SMILES string of the molecule is Cc1ccc(S(=O)(=O)N2[B]OC(O)=C2C(C)C)cc1. The van der Waals surface area contributed by atoms with Crippen LogP contribution < -0.4 is 0 Å². The highest BCUT2D eigenvalue weighted by Crippen LogP contribution is 2.30. The molecule has 0 spiro atoms. The van der Waals surface area contributed by atoms with Crippen molar-refractivity contribution in [2.75, 3.05) is 0 Å². The molecule has 1 radical (unpaired) electrons. The molecule has 1 aromatic rings. The topological polar surface area (TPSA) is 66.8 Å². The molecular weight excluding hydrogens is 265 g/mol. The second-order valence-electron chi connectivity index (χ2n) is 4.68. The van der Waals surface area contributed by atoms with Crippen LogP contribution in [0.5, 0.6) is 0 Å². The molecule has 101 valence electrons. The smallest absolute Gasteiger partial charge is 0.514 e. The van der Waals surface area contributed by atoms with Gasteiger partial charge in [0.1, 0.15) is 5.70 Å². The first-order valence-electron chi connectivity index (χ1n) is 5.88. The van der Waals surface area contributed by atoms with E-state index in [0.717, 1.165) is 17.4 Å². The van der Waals surface area contributed by atoms with Crippen LogP contribution in [0.4, 0.5) is 0 Å². The lowest BCUT2D eigenvalue weighted by atomic mass is 10.1. The van der Waals surface area contributed by atoms with Crippen LogP contribution in [0.1, 0.15) is 19.4 Å². The Morgan fingerprint density at radius 1 is 1.26 bits per heavy atom. The number of nitrogens with zero attached hydrogens (tertiary/aromatic N) is 1. The van der Waals surface area contributed by atoms with E-state index in [-0.39, 0.29) is 22.5 Å². The molecule has 1 aromatic carbocycles. The van der Waals surface area contributed by atoms with Crippen LogP contribution in [0, 0.1) is 12.8 Å². The van der Waals surface area contributed by atoms with Crippen molar-refractivity contribution in [3.8, 4) is 0 Å². The summed E-state index contributed by atoms with van der Waals surface area (Å²) in [6.07, 6.45) is 0. The molecule has 0 fully saturated rings. The predicted octanol–water partition coefficient (Wildman–Crippen LogP) is 1.93. The van der Waals surface area contributed by atoms with Gasteiger partial charge in [-0.2, -0.15) is 0 Å². The fraction of sp³-hybridized carbons (Fsp3) is 0.333. The van der Waals surface area contributed by atoms with E-state index in [2.05, 4.69) is 0 Å². The molecule has 0 saturated carbocycles. The van der Waals surface area contributed by atoms with Gasteiger partial charge in [-0.15, -0.1) is 0 Å². The highest BCUT2D eigenvalue weighted by molar-refractivity contribution is 7.90. The summed E-state index contributed by atoms with van der Waals surface area (Å²) in [7, 11) is -2.73. The summed E-state index contributed by atoms with van der Waals surface area (Å²) < 4.78 is 30.8. The van der Waals surface area contributed by atoms with Crippen molar-refractivity contribution in [3.05, 3.63) is 41.5 Å². The number of aliphatic hydroxyl groups is 1. The van der Waals surface area contributed by atoms with Crippen molar-refractivity contribution in [2.24, 2.45) is 5.92 Å². The zero-order valence-electron chi connectivity index (χ0n) is 11.0. The average molecular weight is 280 g/mol. The minimum atomic E-state index is -3.75. The standard InChI is InChI=1S/C12H15BNO4S/c1-8(2)11-12(15)18-13-14(11)19(16,17)10-6-4-9(3)5-7-10/h4-8,15H,1-3H3. The van der Waals surface area contributed by atoms with Gasteiger partial charge in [0.05, 0.1) is 4.90 Å². The molecule has 0 amide bonds. The van der Waals surface area contributed by atoms with Crippen LogP contribution in [-0.2, 0) is 14.7 Å². The third-order valence-electron chi connectivity index (χ3n) is 2.84. The monoisotopic (exact) mass is 280 g/mol. The summed E-state index contributed by atoms with van der Waals surface area (Å²) in [5.74, 6) is -0.551. The summed E-state index contributed by atoms with van der Waals surface area (Å²) in [5.41, 5.74) is 1.21. The van der Waals surface area contributed by atoms with Gasteiger partial charge in [-0.25, -0.2) is 8.42 Å². The van der Waals surface area contributed by atoms with Crippen LogP contribution in [0.3, 0.4) is 0 Å². The lowest BCUT2D eigenvalue weighted by Gasteiger charge is -2.20. The van der Waals surface area contributed by atoms with Gasteiger partial charge in [0.15, 0.2) is 0 Å². The zero-order chi connectivity index (χ0) is 14.2. The number of aliphatic hydroxyl groups excluding tert-OH is 1. The van der Waals surface area contributed by atoms with Gasteiger partial charge in [0, 0.05) is 5.92 Å². The number of aryl methyl sites for hydroxylation is 1. The van der Waals surface area contributed by atoms with Gasteiger partial charge in [-0.3, -0.25) is 4.22 Å². The average Bonchev–Trinajstić information content (AvgIpc) is 2.72. The van der Waals surface area contributed by atoms with E-state index in [0.29, 0.717) is 0 Å². The molecule has 2 rings (SSSR count). The van der Waals surface area contributed by atoms with Gasteiger partial charge in [-0.05, 0) is 19.1 Å². The number of allylic oxidation sites excluding steroid dienone is 1. The zero-order valence-corrected chi connectivity index (χ0v) is 11.8. The van der Waals surface area contributed by atoms with Gasteiger partial charge >= 0.3 is 7.62 Å². The minimum absolute atomic E-state index is 0.158. The summed E-state index contributed by atoms with van der Waals surface area (Å²) in [6, 6.07) is 6.52. The molecular formula is C12H15BNO4S. The fourth-order valence-corrected chi connectivity index (χ4v) is 3.23. The van der Waals surface area contributed by atoms with E-state index in [1.54, 1.807) is 26.0 Å². The van der Waals surface area contributed by atoms with E-state index >= 15 is 0 Å². The van der Waals surface area contributed by atoms with E-state index in [4.69, 9.17) is 4.65 Å². The lowest BCUT2D eigenvalue weighted by molar-refractivity contribution is 0.217. The van der Waals surface area contributed by atoms with Crippen molar-refractivity contribution in [1.82, 2.24) is 4.22 Å². The van der Waals surface area contributed by atoms with Crippen LogP contribution in [-0.4, -0.2) is 25.4 Å². The van der Waals surface area contributed by atoms with E-state index in [1.165, 1.54) is 12.1 Å². The predicted molar refractivity (Wildman–Crippen MR) is 71.5 cm³/mol. The van der Waals surface area contributed by atoms with Crippen molar-refractivity contribution in [3.63, 3.8) is 0 Å².